The van der Waals surface area contributed by atoms with Crippen LogP contribution in [0.4, 0.5) is 0 Å². The highest BCUT2D eigenvalue weighted by atomic mass is 16.6. The maximum atomic E-state index is 12.1. The van der Waals surface area contributed by atoms with Crippen molar-refractivity contribution in [2.24, 2.45) is 5.41 Å². The van der Waals surface area contributed by atoms with Gasteiger partial charge in [-0.2, -0.15) is 0 Å². The molecule has 1 aromatic carbocycles. The van der Waals surface area contributed by atoms with E-state index in [0.717, 1.165) is 24.8 Å². The van der Waals surface area contributed by atoms with Crippen LogP contribution < -0.4 is 0 Å². The Morgan fingerprint density at radius 1 is 1.06 bits per heavy atom. The molecule has 2 fully saturated rings. The lowest BCUT2D eigenvalue weighted by atomic mass is 9.72. The van der Waals surface area contributed by atoms with Gasteiger partial charge in [-0.05, 0) is 18.4 Å². The summed E-state index contributed by atoms with van der Waals surface area (Å²) in [7, 11) is 0. The van der Waals surface area contributed by atoms with Crippen molar-refractivity contribution in [1.29, 1.82) is 0 Å². The molecule has 0 bridgehead atoms. The van der Waals surface area contributed by atoms with Crippen molar-refractivity contribution in [3.8, 4) is 0 Å². The third kappa shape index (κ3) is 1.86. The van der Waals surface area contributed by atoms with Crippen LogP contribution in [0.15, 0.2) is 30.3 Å². The Morgan fingerprint density at radius 3 is 2.47 bits per heavy atom. The number of ether oxygens (including phenoxy) is 1. The molecule has 0 radical (unpaired) electrons. The van der Waals surface area contributed by atoms with E-state index in [2.05, 4.69) is 12.1 Å². The molecule has 1 saturated heterocycles. The lowest BCUT2D eigenvalue weighted by Gasteiger charge is -2.28. The van der Waals surface area contributed by atoms with Gasteiger partial charge in [0, 0.05) is 6.42 Å². The highest BCUT2D eigenvalue weighted by Crippen LogP contribution is 2.50. The smallest absolute Gasteiger partial charge is 0.312 e. The van der Waals surface area contributed by atoms with Crippen LogP contribution in [0.2, 0.25) is 0 Å². The second-order valence-electron chi connectivity index (χ2n) is 5.35. The zero-order chi connectivity index (χ0) is 11.7. The molecule has 2 heteroatoms. The molecule has 1 aromatic rings. The van der Waals surface area contributed by atoms with Crippen molar-refractivity contribution in [2.75, 3.05) is 0 Å². The predicted octanol–water partition coefficient (Wildman–Crippen LogP) is 3.63. The minimum absolute atomic E-state index is 0.0122. The SMILES string of the molecule is O=C1O[C@H](c2ccccc2)CC12CCCCC2. The number of carbonyl (C=O) groups excluding carboxylic acids is 1. The van der Waals surface area contributed by atoms with E-state index in [0.29, 0.717) is 0 Å². The quantitative estimate of drug-likeness (QED) is 0.689. The molecule has 1 atom stereocenters. The number of esters is 1. The Kier molecular flexibility index (Phi) is 2.65. The van der Waals surface area contributed by atoms with Gasteiger partial charge in [0.25, 0.3) is 0 Å². The molecular formula is C15H18O2. The zero-order valence-corrected chi connectivity index (χ0v) is 10.0. The Labute approximate surface area is 102 Å². The van der Waals surface area contributed by atoms with E-state index < -0.39 is 0 Å². The standard InChI is InChI=1S/C15H18O2/c16-14-15(9-5-2-6-10-15)11-13(17-14)12-7-3-1-4-8-12/h1,3-4,7-8,13H,2,5-6,9-11H2/t13-/m0/s1. The average molecular weight is 230 g/mol. The topological polar surface area (TPSA) is 26.3 Å². The minimum Gasteiger partial charge on any atom is -0.457 e. The first-order valence-corrected chi connectivity index (χ1v) is 6.56. The van der Waals surface area contributed by atoms with Crippen LogP contribution in [-0.4, -0.2) is 5.97 Å². The summed E-state index contributed by atoms with van der Waals surface area (Å²) in [6.45, 7) is 0. The number of carbonyl (C=O) groups is 1. The van der Waals surface area contributed by atoms with Crippen molar-refractivity contribution in [3.05, 3.63) is 35.9 Å². The van der Waals surface area contributed by atoms with Crippen molar-refractivity contribution in [1.82, 2.24) is 0 Å². The van der Waals surface area contributed by atoms with Crippen molar-refractivity contribution >= 4 is 5.97 Å². The maximum Gasteiger partial charge on any atom is 0.312 e. The van der Waals surface area contributed by atoms with Crippen LogP contribution in [-0.2, 0) is 9.53 Å². The molecule has 1 heterocycles. The third-order valence-electron chi connectivity index (χ3n) is 4.24. The summed E-state index contributed by atoms with van der Waals surface area (Å²) >= 11 is 0. The van der Waals surface area contributed by atoms with E-state index in [9.17, 15) is 4.79 Å². The van der Waals surface area contributed by atoms with E-state index in [-0.39, 0.29) is 17.5 Å². The van der Waals surface area contributed by atoms with Gasteiger partial charge in [-0.3, -0.25) is 4.79 Å². The van der Waals surface area contributed by atoms with Gasteiger partial charge in [0.2, 0.25) is 0 Å². The highest BCUT2D eigenvalue weighted by Gasteiger charge is 2.49. The first-order valence-electron chi connectivity index (χ1n) is 6.56. The molecule has 0 aromatic heterocycles. The minimum atomic E-state index is -0.154. The molecule has 1 spiro atoms. The molecule has 0 unspecified atom stereocenters. The van der Waals surface area contributed by atoms with Crippen LogP contribution in [0.3, 0.4) is 0 Å². The highest BCUT2D eigenvalue weighted by molar-refractivity contribution is 5.79. The Balaban J connectivity index is 1.82. The average Bonchev–Trinajstić information content (AvgIpc) is 2.69. The number of hydrogen-bond donors (Lipinski definition) is 0. The Morgan fingerprint density at radius 2 is 1.76 bits per heavy atom. The monoisotopic (exact) mass is 230 g/mol. The van der Waals surface area contributed by atoms with Crippen LogP contribution in [0, 0.1) is 5.41 Å². The van der Waals surface area contributed by atoms with E-state index >= 15 is 0 Å². The molecule has 0 N–H and O–H groups in total. The molecule has 90 valence electrons. The van der Waals surface area contributed by atoms with E-state index in [1.54, 1.807) is 0 Å². The van der Waals surface area contributed by atoms with E-state index in [1.807, 2.05) is 18.2 Å². The van der Waals surface area contributed by atoms with Crippen LogP contribution >= 0.6 is 0 Å². The van der Waals surface area contributed by atoms with Gasteiger partial charge in [0.1, 0.15) is 6.10 Å². The summed E-state index contributed by atoms with van der Waals surface area (Å²) in [4.78, 5) is 12.1. The molecule has 2 aliphatic rings. The summed E-state index contributed by atoms with van der Waals surface area (Å²) < 4.78 is 5.60. The first-order chi connectivity index (χ1) is 8.30. The maximum absolute atomic E-state index is 12.1. The number of rotatable bonds is 1. The largest absolute Gasteiger partial charge is 0.457 e. The van der Waals surface area contributed by atoms with Gasteiger partial charge in [-0.25, -0.2) is 0 Å². The van der Waals surface area contributed by atoms with Gasteiger partial charge in [-0.15, -0.1) is 0 Å². The fraction of sp³-hybridized carbons (Fsp3) is 0.533. The van der Waals surface area contributed by atoms with Gasteiger partial charge in [-0.1, -0.05) is 49.6 Å². The van der Waals surface area contributed by atoms with Crippen LogP contribution in [0.25, 0.3) is 0 Å². The molecule has 1 aliphatic carbocycles. The number of benzene rings is 1. The molecule has 3 rings (SSSR count). The lowest BCUT2D eigenvalue weighted by molar-refractivity contribution is -0.150. The first kappa shape index (κ1) is 10.8. The molecule has 0 amide bonds. The fourth-order valence-corrected chi connectivity index (χ4v) is 3.22. The molecular weight excluding hydrogens is 212 g/mol. The second kappa shape index (κ2) is 4.17. The summed E-state index contributed by atoms with van der Waals surface area (Å²) in [6, 6.07) is 10.1. The molecule has 1 aliphatic heterocycles. The summed E-state index contributed by atoms with van der Waals surface area (Å²) in [6.07, 6.45) is 6.54. The van der Waals surface area contributed by atoms with Crippen molar-refractivity contribution in [2.45, 2.75) is 44.6 Å². The number of hydrogen-bond acceptors (Lipinski definition) is 2. The van der Waals surface area contributed by atoms with Crippen LogP contribution in [0.1, 0.15) is 50.2 Å². The van der Waals surface area contributed by atoms with Gasteiger partial charge < -0.3 is 4.74 Å². The van der Waals surface area contributed by atoms with Crippen molar-refractivity contribution < 1.29 is 9.53 Å². The van der Waals surface area contributed by atoms with Gasteiger partial charge in [0.05, 0.1) is 5.41 Å². The summed E-state index contributed by atoms with van der Waals surface area (Å²) in [5, 5.41) is 0. The van der Waals surface area contributed by atoms with Gasteiger partial charge >= 0.3 is 5.97 Å². The van der Waals surface area contributed by atoms with E-state index in [4.69, 9.17) is 4.74 Å². The van der Waals surface area contributed by atoms with Crippen molar-refractivity contribution in [3.63, 3.8) is 0 Å². The molecule has 17 heavy (non-hydrogen) atoms. The fourth-order valence-electron chi connectivity index (χ4n) is 3.22. The summed E-state index contributed by atoms with van der Waals surface area (Å²) in [5.41, 5.74) is 0.988. The normalized spacial score (nSPS) is 27.1. The molecule has 2 nitrogen and oxygen atoms in total. The Bertz CT molecular complexity index is 404. The number of cyclic esters (lactones) is 1. The predicted molar refractivity (Wildman–Crippen MR) is 65.4 cm³/mol. The Hall–Kier alpha value is -1.31. The third-order valence-corrected chi connectivity index (χ3v) is 4.24. The van der Waals surface area contributed by atoms with E-state index in [1.165, 1.54) is 19.3 Å². The second-order valence-corrected chi connectivity index (χ2v) is 5.35. The van der Waals surface area contributed by atoms with Crippen LogP contribution in [0.5, 0.6) is 0 Å². The van der Waals surface area contributed by atoms with Gasteiger partial charge in [0.15, 0.2) is 0 Å². The zero-order valence-electron chi connectivity index (χ0n) is 10.0. The molecule has 1 saturated carbocycles. The summed E-state index contributed by atoms with van der Waals surface area (Å²) in [5.74, 6) is 0.0473. The lowest BCUT2D eigenvalue weighted by Crippen LogP contribution is -2.28.